The van der Waals surface area contributed by atoms with Crippen LogP contribution >= 0.6 is 23.5 Å². The summed E-state index contributed by atoms with van der Waals surface area (Å²) < 4.78 is 5.51. The number of rotatable bonds is 3. The SMILES string of the molecule is C=C(C)CC1(c2cnco2)SCCCS1. The van der Waals surface area contributed by atoms with Crippen LogP contribution < -0.4 is 0 Å². The van der Waals surface area contributed by atoms with Crippen molar-refractivity contribution in [1.29, 1.82) is 0 Å². The minimum Gasteiger partial charge on any atom is -0.446 e. The topological polar surface area (TPSA) is 26.0 Å². The Bertz CT molecular complexity index is 328. The van der Waals surface area contributed by atoms with Crippen molar-refractivity contribution in [3.63, 3.8) is 0 Å². The molecular weight excluding hydrogens is 226 g/mol. The third kappa shape index (κ3) is 2.42. The Morgan fingerprint density at radius 2 is 2.33 bits per heavy atom. The largest absolute Gasteiger partial charge is 0.446 e. The van der Waals surface area contributed by atoms with Crippen molar-refractivity contribution in [2.75, 3.05) is 11.5 Å². The molecule has 0 amide bonds. The van der Waals surface area contributed by atoms with Gasteiger partial charge in [0.25, 0.3) is 0 Å². The van der Waals surface area contributed by atoms with E-state index in [9.17, 15) is 0 Å². The zero-order valence-corrected chi connectivity index (χ0v) is 10.5. The molecule has 0 unspecified atom stereocenters. The van der Waals surface area contributed by atoms with E-state index in [-0.39, 0.29) is 4.08 Å². The van der Waals surface area contributed by atoms with Gasteiger partial charge in [-0.05, 0) is 31.3 Å². The summed E-state index contributed by atoms with van der Waals surface area (Å²) in [5, 5.41) is 0. The lowest BCUT2D eigenvalue weighted by Gasteiger charge is -2.34. The summed E-state index contributed by atoms with van der Waals surface area (Å²) in [4.78, 5) is 4.03. The molecular formula is C11H15NOS2. The quantitative estimate of drug-likeness (QED) is 0.754. The third-order valence-electron chi connectivity index (χ3n) is 2.30. The van der Waals surface area contributed by atoms with Gasteiger partial charge in [0.1, 0.15) is 4.08 Å². The van der Waals surface area contributed by atoms with Gasteiger partial charge in [-0.1, -0.05) is 5.57 Å². The molecule has 1 fully saturated rings. The predicted octanol–water partition coefficient (Wildman–Crippen LogP) is 3.66. The molecule has 82 valence electrons. The molecule has 1 saturated heterocycles. The van der Waals surface area contributed by atoms with Crippen LogP contribution in [-0.2, 0) is 4.08 Å². The number of hydrogen-bond acceptors (Lipinski definition) is 4. The van der Waals surface area contributed by atoms with E-state index in [1.165, 1.54) is 29.9 Å². The van der Waals surface area contributed by atoms with Crippen LogP contribution in [0.3, 0.4) is 0 Å². The van der Waals surface area contributed by atoms with Gasteiger partial charge in [0.05, 0.1) is 6.20 Å². The first kappa shape index (κ1) is 11.1. The first-order chi connectivity index (χ1) is 7.23. The van der Waals surface area contributed by atoms with Crippen LogP contribution in [0.5, 0.6) is 0 Å². The lowest BCUT2D eigenvalue weighted by molar-refractivity contribution is 0.486. The summed E-state index contributed by atoms with van der Waals surface area (Å²) in [5.74, 6) is 3.38. The highest BCUT2D eigenvalue weighted by Crippen LogP contribution is 2.53. The van der Waals surface area contributed by atoms with E-state index in [2.05, 4.69) is 18.5 Å². The number of aromatic nitrogens is 1. The average molecular weight is 241 g/mol. The van der Waals surface area contributed by atoms with Crippen LogP contribution in [0, 0.1) is 0 Å². The van der Waals surface area contributed by atoms with E-state index >= 15 is 0 Å². The Kier molecular flexibility index (Phi) is 3.46. The maximum absolute atomic E-state index is 5.48. The molecule has 0 radical (unpaired) electrons. The number of allylic oxidation sites excluding steroid dienone is 1. The maximum Gasteiger partial charge on any atom is 0.180 e. The van der Waals surface area contributed by atoms with Crippen molar-refractivity contribution >= 4 is 23.5 Å². The second-order valence-electron chi connectivity index (χ2n) is 3.80. The molecule has 0 spiro atoms. The minimum absolute atomic E-state index is 0.0284. The minimum atomic E-state index is 0.0284. The van der Waals surface area contributed by atoms with E-state index in [1.807, 2.05) is 29.7 Å². The van der Waals surface area contributed by atoms with Crippen molar-refractivity contribution in [1.82, 2.24) is 4.98 Å². The van der Waals surface area contributed by atoms with Gasteiger partial charge in [-0.3, -0.25) is 0 Å². The van der Waals surface area contributed by atoms with Crippen LogP contribution in [-0.4, -0.2) is 16.5 Å². The first-order valence-electron chi connectivity index (χ1n) is 5.04. The standard InChI is InChI=1S/C11H15NOS2/c1-9(2)6-11(10-7-12-8-13-10)14-4-3-5-15-11/h7-8H,1,3-6H2,2H3. The summed E-state index contributed by atoms with van der Waals surface area (Å²) >= 11 is 3.93. The average Bonchev–Trinajstić information content (AvgIpc) is 2.71. The number of nitrogens with zero attached hydrogens (tertiary/aromatic N) is 1. The van der Waals surface area contributed by atoms with E-state index in [0.717, 1.165) is 12.2 Å². The molecule has 0 N–H and O–H groups in total. The van der Waals surface area contributed by atoms with E-state index < -0.39 is 0 Å². The van der Waals surface area contributed by atoms with Gasteiger partial charge in [0, 0.05) is 0 Å². The third-order valence-corrected chi connectivity index (χ3v) is 5.62. The second-order valence-corrected chi connectivity index (χ2v) is 6.85. The molecule has 1 aliphatic rings. The van der Waals surface area contributed by atoms with E-state index in [0.29, 0.717) is 0 Å². The summed E-state index contributed by atoms with van der Waals surface area (Å²) in [7, 11) is 0. The first-order valence-corrected chi connectivity index (χ1v) is 7.01. The molecule has 0 saturated carbocycles. The molecule has 0 aromatic carbocycles. The smallest absolute Gasteiger partial charge is 0.180 e. The molecule has 0 atom stereocenters. The van der Waals surface area contributed by atoms with Gasteiger partial charge in [0.15, 0.2) is 12.2 Å². The van der Waals surface area contributed by atoms with Crippen molar-refractivity contribution in [3.05, 3.63) is 30.5 Å². The predicted molar refractivity (Wildman–Crippen MR) is 67.1 cm³/mol. The van der Waals surface area contributed by atoms with E-state index in [1.54, 1.807) is 0 Å². The van der Waals surface area contributed by atoms with Crippen molar-refractivity contribution in [3.8, 4) is 0 Å². The van der Waals surface area contributed by atoms with E-state index in [4.69, 9.17) is 4.42 Å². The molecule has 2 heterocycles. The highest BCUT2D eigenvalue weighted by molar-refractivity contribution is 8.18. The van der Waals surface area contributed by atoms with Gasteiger partial charge in [0.2, 0.25) is 0 Å². The van der Waals surface area contributed by atoms with Gasteiger partial charge in [-0.2, -0.15) is 0 Å². The van der Waals surface area contributed by atoms with Crippen molar-refractivity contribution in [2.45, 2.75) is 23.8 Å². The fourth-order valence-corrected chi connectivity index (χ4v) is 5.14. The zero-order chi connectivity index (χ0) is 10.7. The molecule has 1 aromatic rings. The number of hydrogen-bond donors (Lipinski definition) is 0. The van der Waals surface area contributed by atoms with Crippen LogP contribution in [0.1, 0.15) is 25.5 Å². The van der Waals surface area contributed by atoms with Gasteiger partial charge < -0.3 is 4.42 Å². The van der Waals surface area contributed by atoms with Gasteiger partial charge >= 0.3 is 0 Å². The van der Waals surface area contributed by atoms with Crippen LogP contribution in [0.25, 0.3) is 0 Å². The van der Waals surface area contributed by atoms with Gasteiger partial charge in [-0.15, -0.1) is 30.1 Å². The van der Waals surface area contributed by atoms with Gasteiger partial charge in [-0.25, -0.2) is 4.98 Å². The highest BCUT2D eigenvalue weighted by Gasteiger charge is 2.38. The monoisotopic (exact) mass is 241 g/mol. The Morgan fingerprint density at radius 3 is 2.87 bits per heavy atom. The molecule has 4 heteroatoms. The summed E-state index contributed by atoms with van der Waals surface area (Å²) in [6, 6.07) is 0. The Labute approximate surface area is 98.9 Å². The Hall–Kier alpha value is -0.350. The number of oxazole rings is 1. The molecule has 1 aliphatic heterocycles. The maximum atomic E-state index is 5.48. The fourth-order valence-electron chi connectivity index (χ4n) is 1.71. The molecule has 2 rings (SSSR count). The molecule has 1 aromatic heterocycles. The zero-order valence-electron chi connectivity index (χ0n) is 8.86. The molecule has 2 nitrogen and oxygen atoms in total. The van der Waals surface area contributed by atoms with Crippen molar-refractivity contribution in [2.24, 2.45) is 0 Å². The summed E-state index contributed by atoms with van der Waals surface area (Å²) in [6.45, 7) is 6.09. The normalized spacial score (nSPS) is 20.1. The lowest BCUT2D eigenvalue weighted by Crippen LogP contribution is -2.22. The highest BCUT2D eigenvalue weighted by atomic mass is 32.2. The summed E-state index contributed by atoms with van der Waals surface area (Å²) in [6.07, 6.45) is 5.61. The Morgan fingerprint density at radius 1 is 1.60 bits per heavy atom. The van der Waals surface area contributed by atoms with Crippen LogP contribution in [0.15, 0.2) is 29.2 Å². The molecule has 0 bridgehead atoms. The molecule has 0 aliphatic carbocycles. The second kappa shape index (κ2) is 4.66. The van der Waals surface area contributed by atoms with Crippen LogP contribution in [0.2, 0.25) is 0 Å². The number of thioether (sulfide) groups is 2. The lowest BCUT2D eigenvalue weighted by atomic mass is 10.1. The van der Waals surface area contributed by atoms with Crippen molar-refractivity contribution < 1.29 is 4.42 Å². The fraction of sp³-hybridized carbons (Fsp3) is 0.545. The molecule has 15 heavy (non-hydrogen) atoms. The van der Waals surface area contributed by atoms with Crippen LogP contribution in [0.4, 0.5) is 0 Å². The summed E-state index contributed by atoms with van der Waals surface area (Å²) in [5.41, 5.74) is 1.20. The Balaban J connectivity index is 2.25.